The predicted molar refractivity (Wildman–Crippen MR) is 76.5 cm³/mol. The molecule has 2 rings (SSSR count). The van der Waals surface area contributed by atoms with Gasteiger partial charge in [0.25, 0.3) is 5.69 Å². The van der Waals surface area contributed by atoms with Gasteiger partial charge in [-0.3, -0.25) is 10.1 Å². The first kappa shape index (κ1) is 14.5. The minimum atomic E-state index is -0.439. The van der Waals surface area contributed by atoms with Crippen LogP contribution in [0.2, 0.25) is 0 Å². The average molecular weight is 294 g/mol. The number of halogens is 2. The standard InChI is InChI=1S/C15H13ClFNO2/c1-10-8-12(4-7-15(10)17)14(16)9-11-2-5-13(6-3-11)18(19)20/h2-8,14H,9H2,1H3. The topological polar surface area (TPSA) is 43.1 Å². The fourth-order valence-corrected chi connectivity index (χ4v) is 2.26. The molecule has 3 nitrogen and oxygen atoms in total. The Morgan fingerprint density at radius 3 is 2.45 bits per heavy atom. The summed E-state index contributed by atoms with van der Waals surface area (Å²) in [5, 5.41) is 10.3. The number of non-ortho nitro benzene ring substituents is 1. The number of benzene rings is 2. The molecular formula is C15H13ClFNO2. The molecule has 0 aromatic heterocycles. The Balaban J connectivity index is 2.12. The van der Waals surface area contributed by atoms with Crippen LogP contribution in [0.3, 0.4) is 0 Å². The first-order chi connectivity index (χ1) is 9.47. The van der Waals surface area contributed by atoms with Crippen LogP contribution >= 0.6 is 11.6 Å². The number of alkyl halides is 1. The van der Waals surface area contributed by atoms with E-state index >= 15 is 0 Å². The molecule has 104 valence electrons. The van der Waals surface area contributed by atoms with Crippen molar-refractivity contribution in [1.82, 2.24) is 0 Å². The van der Waals surface area contributed by atoms with Crippen molar-refractivity contribution in [2.45, 2.75) is 18.7 Å². The number of nitro benzene ring substituents is 1. The second-order valence-electron chi connectivity index (χ2n) is 4.60. The molecule has 0 heterocycles. The highest BCUT2D eigenvalue weighted by Crippen LogP contribution is 2.27. The molecule has 0 aliphatic rings. The Hall–Kier alpha value is -1.94. The van der Waals surface area contributed by atoms with E-state index in [1.807, 2.05) is 0 Å². The maximum Gasteiger partial charge on any atom is 0.269 e. The quantitative estimate of drug-likeness (QED) is 0.471. The van der Waals surface area contributed by atoms with Gasteiger partial charge < -0.3 is 0 Å². The van der Waals surface area contributed by atoms with Crippen LogP contribution in [-0.2, 0) is 6.42 Å². The van der Waals surface area contributed by atoms with Crippen molar-refractivity contribution in [3.63, 3.8) is 0 Å². The highest BCUT2D eigenvalue weighted by Gasteiger charge is 2.12. The van der Waals surface area contributed by atoms with E-state index in [0.717, 1.165) is 11.1 Å². The lowest BCUT2D eigenvalue weighted by atomic mass is 10.0. The molecule has 0 saturated heterocycles. The van der Waals surface area contributed by atoms with Crippen molar-refractivity contribution in [3.05, 3.63) is 75.1 Å². The fraction of sp³-hybridized carbons (Fsp3) is 0.200. The normalized spacial score (nSPS) is 12.2. The molecule has 0 spiro atoms. The van der Waals surface area contributed by atoms with Gasteiger partial charge in [-0.2, -0.15) is 0 Å². The zero-order valence-corrected chi connectivity index (χ0v) is 11.6. The molecule has 1 unspecified atom stereocenters. The van der Waals surface area contributed by atoms with Gasteiger partial charge in [0.15, 0.2) is 0 Å². The van der Waals surface area contributed by atoms with Crippen molar-refractivity contribution in [3.8, 4) is 0 Å². The van der Waals surface area contributed by atoms with E-state index < -0.39 is 4.92 Å². The van der Waals surface area contributed by atoms with Crippen LogP contribution in [0.25, 0.3) is 0 Å². The number of nitrogens with zero attached hydrogens (tertiary/aromatic N) is 1. The summed E-state index contributed by atoms with van der Waals surface area (Å²) >= 11 is 6.31. The maximum absolute atomic E-state index is 13.2. The smallest absolute Gasteiger partial charge is 0.258 e. The molecular weight excluding hydrogens is 281 g/mol. The van der Waals surface area contributed by atoms with Gasteiger partial charge in [0, 0.05) is 12.1 Å². The largest absolute Gasteiger partial charge is 0.269 e. The van der Waals surface area contributed by atoms with Gasteiger partial charge in [0.05, 0.1) is 10.3 Å². The summed E-state index contributed by atoms with van der Waals surface area (Å²) in [6.45, 7) is 1.69. The zero-order chi connectivity index (χ0) is 14.7. The van der Waals surface area contributed by atoms with Gasteiger partial charge in [-0.25, -0.2) is 4.39 Å². The van der Waals surface area contributed by atoms with Gasteiger partial charge in [0.2, 0.25) is 0 Å². The molecule has 0 aliphatic carbocycles. The van der Waals surface area contributed by atoms with Gasteiger partial charge in [-0.1, -0.05) is 24.3 Å². The van der Waals surface area contributed by atoms with Gasteiger partial charge in [0.1, 0.15) is 5.82 Å². The van der Waals surface area contributed by atoms with Crippen LogP contribution in [0.1, 0.15) is 22.1 Å². The SMILES string of the molecule is Cc1cc(C(Cl)Cc2ccc([N+](=O)[O-])cc2)ccc1F. The van der Waals surface area contributed by atoms with Crippen LogP contribution in [0.15, 0.2) is 42.5 Å². The Kier molecular flexibility index (Phi) is 4.35. The predicted octanol–water partition coefficient (Wildman–Crippen LogP) is 4.56. The lowest BCUT2D eigenvalue weighted by molar-refractivity contribution is -0.384. The molecule has 1 atom stereocenters. The van der Waals surface area contributed by atoms with Crippen LogP contribution < -0.4 is 0 Å². The summed E-state index contributed by atoms with van der Waals surface area (Å²) in [7, 11) is 0. The lowest BCUT2D eigenvalue weighted by Crippen LogP contribution is -1.98. The molecule has 0 amide bonds. The molecule has 5 heteroatoms. The molecule has 0 bridgehead atoms. The molecule has 0 fully saturated rings. The van der Waals surface area contributed by atoms with E-state index in [9.17, 15) is 14.5 Å². The Bertz CT molecular complexity index is 628. The third-order valence-electron chi connectivity index (χ3n) is 3.11. The van der Waals surface area contributed by atoms with Gasteiger partial charge >= 0.3 is 0 Å². The highest BCUT2D eigenvalue weighted by atomic mass is 35.5. The summed E-state index contributed by atoms with van der Waals surface area (Å²) < 4.78 is 13.2. The molecule has 0 aliphatic heterocycles. The molecule has 2 aromatic carbocycles. The van der Waals surface area contributed by atoms with Crippen molar-refractivity contribution in [2.24, 2.45) is 0 Å². The zero-order valence-electron chi connectivity index (χ0n) is 10.8. The first-order valence-electron chi connectivity index (χ1n) is 6.11. The summed E-state index contributed by atoms with van der Waals surface area (Å²) in [4.78, 5) is 10.1. The number of aryl methyl sites for hydroxylation is 1. The summed E-state index contributed by atoms with van der Waals surface area (Å²) in [5.74, 6) is -0.257. The van der Waals surface area contributed by atoms with E-state index in [-0.39, 0.29) is 16.9 Å². The Labute approximate surface area is 121 Å². The van der Waals surface area contributed by atoms with Crippen LogP contribution in [0.5, 0.6) is 0 Å². The lowest BCUT2D eigenvalue weighted by Gasteiger charge is -2.11. The van der Waals surface area contributed by atoms with Crippen LogP contribution in [0, 0.1) is 22.9 Å². The highest BCUT2D eigenvalue weighted by molar-refractivity contribution is 6.20. The number of hydrogen-bond acceptors (Lipinski definition) is 2. The van der Waals surface area contributed by atoms with Crippen LogP contribution in [-0.4, -0.2) is 4.92 Å². The van der Waals surface area contributed by atoms with Crippen molar-refractivity contribution in [2.75, 3.05) is 0 Å². The second-order valence-corrected chi connectivity index (χ2v) is 5.13. The van der Waals surface area contributed by atoms with E-state index in [1.54, 1.807) is 31.2 Å². The molecule has 0 radical (unpaired) electrons. The number of hydrogen-bond donors (Lipinski definition) is 0. The van der Waals surface area contributed by atoms with Crippen LogP contribution in [0.4, 0.5) is 10.1 Å². The minimum absolute atomic E-state index is 0.0532. The Morgan fingerprint density at radius 2 is 1.90 bits per heavy atom. The molecule has 0 N–H and O–H groups in total. The monoisotopic (exact) mass is 293 g/mol. The third kappa shape index (κ3) is 3.33. The molecule has 20 heavy (non-hydrogen) atoms. The second kappa shape index (κ2) is 6.01. The summed E-state index contributed by atoms with van der Waals surface area (Å²) in [6, 6.07) is 11.1. The molecule has 0 saturated carbocycles. The first-order valence-corrected chi connectivity index (χ1v) is 6.54. The Morgan fingerprint density at radius 1 is 1.25 bits per heavy atom. The minimum Gasteiger partial charge on any atom is -0.258 e. The number of nitro groups is 1. The summed E-state index contributed by atoms with van der Waals surface area (Å²) in [6.07, 6.45) is 0.532. The number of rotatable bonds is 4. The van der Waals surface area contributed by atoms with E-state index in [0.29, 0.717) is 12.0 Å². The third-order valence-corrected chi connectivity index (χ3v) is 3.51. The molecule has 2 aromatic rings. The fourth-order valence-electron chi connectivity index (χ4n) is 1.94. The van der Waals surface area contributed by atoms with Crippen molar-refractivity contribution in [1.29, 1.82) is 0 Å². The van der Waals surface area contributed by atoms with Crippen molar-refractivity contribution < 1.29 is 9.31 Å². The van der Waals surface area contributed by atoms with E-state index in [1.165, 1.54) is 18.2 Å². The van der Waals surface area contributed by atoms with Gasteiger partial charge in [-0.05, 0) is 36.1 Å². The van der Waals surface area contributed by atoms with Gasteiger partial charge in [-0.15, -0.1) is 11.6 Å². The van der Waals surface area contributed by atoms with E-state index in [2.05, 4.69) is 0 Å². The maximum atomic E-state index is 13.2. The summed E-state index contributed by atoms with van der Waals surface area (Å²) in [5.41, 5.74) is 2.34. The van der Waals surface area contributed by atoms with Crippen molar-refractivity contribution >= 4 is 17.3 Å². The van der Waals surface area contributed by atoms with E-state index in [4.69, 9.17) is 11.6 Å². The average Bonchev–Trinajstić information content (AvgIpc) is 2.42.